The second-order valence-electron chi connectivity index (χ2n) is 4.59. The van der Waals surface area contributed by atoms with Crippen LogP contribution in [0.5, 0.6) is 0 Å². The summed E-state index contributed by atoms with van der Waals surface area (Å²) in [5, 5.41) is 11.3. The van der Waals surface area contributed by atoms with E-state index in [0.29, 0.717) is 12.3 Å². The average Bonchev–Trinajstić information content (AvgIpc) is 2.77. The van der Waals surface area contributed by atoms with Crippen LogP contribution in [0.3, 0.4) is 0 Å². The molecule has 4 nitrogen and oxygen atoms in total. The minimum Gasteiger partial charge on any atom is -0.380 e. The van der Waals surface area contributed by atoms with Gasteiger partial charge in [-0.3, -0.25) is 0 Å². The van der Waals surface area contributed by atoms with Crippen LogP contribution < -0.4 is 0 Å². The number of H-pyrrole nitrogens is 1. The molecule has 0 spiro atoms. The van der Waals surface area contributed by atoms with Crippen molar-refractivity contribution >= 4 is 21.8 Å². The molecular weight excluding hydrogens is 238 g/mol. The van der Waals surface area contributed by atoms with Gasteiger partial charge < -0.3 is 9.72 Å². The number of rotatable bonds is 2. The molecule has 1 N–H and O–H groups in total. The van der Waals surface area contributed by atoms with Gasteiger partial charge >= 0.3 is 0 Å². The molecule has 3 aromatic rings. The van der Waals surface area contributed by atoms with E-state index in [9.17, 15) is 5.26 Å². The number of aromatic amines is 1. The van der Waals surface area contributed by atoms with E-state index in [2.05, 4.69) is 35.1 Å². The Balaban J connectivity index is 2.48. The fourth-order valence-corrected chi connectivity index (χ4v) is 2.46. The zero-order chi connectivity index (χ0) is 13.4. The molecule has 0 atom stereocenters. The van der Waals surface area contributed by atoms with Gasteiger partial charge in [-0.15, -0.1) is 0 Å². The van der Waals surface area contributed by atoms with E-state index in [1.165, 1.54) is 5.56 Å². The molecule has 3 rings (SSSR count). The molecule has 4 heteroatoms. The minimum absolute atomic E-state index is 0.383. The van der Waals surface area contributed by atoms with Crippen LogP contribution in [0.25, 0.3) is 21.8 Å². The molecule has 0 aliphatic carbocycles. The number of aromatic nitrogens is 2. The van der Waals surface area contributed by atoms with Crippen molar-refractivity contribution in [2.45, 2.75) is 13.5 Å². The predicted octanol–water partition coefficient (Wildman–Crippen LogP) is 3.04. The zero-order valence-electron chi connectivity index (χ0n) is 10.8. The van der Waals surface area contributed by atoms with Crippen LogP contribution in [0.2, 0.25) is 0 Å². The Labute approximate surface area is 110 Å². The van der Waals surface area contributed by atoms with Gasteiger partial charge in [0.05, 0.1) is 18.3 Å². The maximum atomic E-state index is 9.19. The van der Waals surface area contributed by atoms with Crippen LogP contribution in [-0.4, -0.2) is 17.1 Å². The highest BCUT2D eigenvalue weighted by molar-refractivity contribution is 6.09. The van der Waals surface area contributed by atoms with Gasteiger partial charge in [-0.1, -0.05) is 11.6 Å². The molecule has 1 aromatic carbocycles. The normalized spacial score (nSPS) is 11.0. The third kappa shape index (κ3) is 1.76. The summed E-state index contributed by atoms with van der Waals surface area (Å²) in [5.74, 6) is 0. The number of benzene rings is 1. The number of pyridine rings is 1. The standard InChI is InChI=1S/C15H13N3O/c1-9-3-4-12-10(5-9)15-11(8-19-2)13(6-16)17-7-14(15)18-12/h3-5,7,18H,8H2,1-2H3. The van der Waals surface area contributed by atoms with Gasteiger partial charge in [-0.25, -0.2) is 4.98 Å². The number of fused-ring (bicyclic) bond motifs is 3. The van der Waals surface area contributed by atoms with E-state index >= 15 is 0 Å². The minimum atomic E-state index is 0.383. The highest BCUT2D eigenvalue weighted by Crippen LogP contribution is 2.30. The van der Waals surface area contributed by atoms with E-state index < -0.39 is 0 Å². The monoisotopic (exact) mass is 251 g/mol. The smallest absolute Gasteiger partial charge is 0.146 e. The van der Waals surface area contributed by atoms with Gasteiger partial charge in [-0.2, -0.15) is 5.26 Å². The zero-order valence-corrected chi connectivity index (χ0v) is 10.8. The maximum absolute atomic E-state index is 9.19. The molecule has 19 heavy (non-hydrogen) atoms. The molecule has 0 fully saturated rings. The van der Waals surface area contributed by atoms with Crippen molar-refractivity contribution in [3.8, 4) is 6.07 Å². The number of aryl methyl sites for hydroxylation is 1. The summed E-state index contributed by atoms with van der Waals surface area (Å²) in [6.07, 6.45) is 1.71. The van der Waals surface area contributed by atoms with Crippen molar-refractivity contribution in [2.75, 3.05) is 7.11 Å². The first kappa shape index (κ1) is 11.7. The molecule has 0 unspecified atom stereocenters. The molecule has 0 aliphatic rings. The van der Waals surface area contributed by atoms with Gasteiger partial charge in [0.25, 0.3) is 0 Å². The number of ether oxygens (including phenoxy) is 1. The maximum Gasteiger partial charge on any atom is 0.146 e. The Morgan fingerprint density at radius 3 is 2.95 bits per heavy atom. The quantitative estimate of drug-likeness (QED) is 0.761. The predicted molar refractivity (Wildman–Crippen MR) is 73.8 cm³/mol. The lowest BCUT2D eigenvalue weighted by atomic mass is 10.0. The Morgan fingerprint density at radius 2 is 2.21 bits per heavy atom. The van der Waals surface area contributed by atoms with Gasteiger partial charge in [0.15, 0.2) is 0 Å². The Bertz CT molecular complexity index is 811. The van der Waals surface area contributed by atoms with Crippen molar-refractivity contribution < 1.29 is 4.74 Å². The molecule has 2 aromatic heterocycles. The van der Waals surface area contributed by atoms with Crippen molar-refractivity contribution in [2.24, 2.45) is 0 Å². The summed E-state index contributed by atoms with van der Waals surface area (Å²) in [7, 11) is 1.63. The summed E-state index contributed by atoms with van der Waals surface area (Å²) in [5.41, 5.74) is 4.45. The summed E-state index contributed by atoms with van der Waals surface area (Å²) in [6, 6.07) is 8.37. The second-order valence-corrected chi connectivity index (χ2v) is 4.59. The van der Waals surface area contributed by atoms with E-state index in [4.69, 9.17) is 4.74 Å². The second kappa shape index (κ2) is 4.38. The van der Waals surface area contributed by atoms with Crippen LogP contribution in [-0.2, 0) is 11.3 Å². The first-order chi connectivity index (χ1) is 9.24. The van der Waals surface area contributed by atoms with Crippen molar-refractivity contribution in [3.63, 3.8) is 0 Å². The third-order valence-electron chi connectivity index (χ3n) is 3.29. The van der Waals surface area contributed by atoms with Gasteiger partial charge in [0, 0.05) is 29.0 Å². The first-order valence-corrected chi connectivity index (χ1v) is 6.03. The number of nitrogens with one attached hydrogen (secondary N) is 1. The van der Waals surface area contributed by atoms with Crippen molar-refractivity contribution in [3.05, 3.63) is 41.2 Å². The number of hydrogen-bond donors (Lipinski definition) is 1. The fourth-order valence-electron chi connectivity index (χ4n) is 2.46. The first-order valence-electron chi connectivity index (χ1n) is 6.03. The SMILES string of the molecule is COCc1c(C#N)ncc2[nH]c3ccc(C)cc3c12. The summed E-state index contributed by atoms with van der Waals surface area (Å²) in [6.45, 7) is 2.44. The van der Waals surface area contributed by atoms with Gasteiger partial charge in [0.2, 0.25) is 0 Å². The molecule has 94 valence electrons. The molecule has 0 radical (unpaired) electrons. The van der Waals surface area contributed by atoms with E-state index in [-0.39, 0.29) is 0 Å². The van der Waals surface area contributed by atoms with Crippen LogP contribution in [0.1, 0.15) is 16.8 Å². The molecule has 0 saturated heterocycles. The van der Waals surface area contributed by atoms with Crippen LogP contribution >= 0.6 is 0 Å². The van der Waals surface area contributed by atoms with Crippen LogP contribution in [0, 0.1) is 18.3 Å². The van der Waals surface area contributed by atoms with Crippen molar-refractivity contribution in [1.82, 2.24) is 9.97 Å². The number of hydrogen-bond acceptors (Lipinski definition) is 3. The molecular formula is C15H13N3O. The number of nitrogens with zero attached hydrogens (tertiary/aromatic N) is 2. The summed E-state index contributed by atoms with van der Waals surface area (Å²) in [4.78, 5) is 7.52. The number of nitriles is 1. The van der Waals surface area contributed by atoms with E-state index in [0.717, 1.165) is 27.4 Å². The highest BCUT2D eigenvalue weighted by atomic mass is 16.5. The summed E-state index contributed by atoms with van der Waals surface area (Å²) < 4.78 is 5.22. The average molecular weight is 251 g/mol. The number of methoxy groups -OCH3 is 1. The fraction of sp³-hybridized carbons (Fsp3) is 0.200. The van der Waals surface area contributed by atoms with Gasteiger partial charge in [0.1, 0.15) is 11.8 Å². The highest BCUT2D eigenvalue weighted by Gasteiger charge is 2.14. The Morgan fingerprint density at radius 1 is 1.37 bits per heavy atom. The van der Waals surface area contributed by atoms with Crippen LogP contribution in [0.4, 0.5) is 0 Å². The summed E-state index contributed by atoms with van der Waals surface area (Å²) >= 11 is 0. The Hall–Kier alpha value is -2.38. The van der Waals surface area contributed by atoms with Crippen LogP contribution in [0.15, 0.2) is 24.4 Å². The molecule has 0 saturated carbocycles. The van der Waals surface area contributed by atoms with Crippen molar-refractivity contribution in [1.29, 1.82) is 5.26 Å². The molecule has 0 amide bonds. The van der Waals surface area contributed by atoms with Gasteiger partial charge in [-0.05, 0) is 19.1 Å². The molecule has 0 bridgehead atoms. The largest absolute Gasteiger partial charge is 0.380 e. The lowest BCUT2D eigenvalue weighted by Gasteiger charge is -2.04. The third-order valence-corrected chi connectivity index (χ3v) is 3.29. The Kier molecular flexibility index (Phi) is 2.69. The lowest BCUT2D eigenvalue weighted by Crippen LogP contribution is -1.96. The molecule has 2 heterocycles. The molecule has 0 aliphatic heterocycles. The topological polar surface area (TPSA) is 61.7 Å². The van der Waals surface area contributed by atoms with E-state index in [1.807, 2.05) is 6.07 Å². The lowest BCUT2D eigenvalue weighted by molar-refractivity contribution is 0.185. The van der Waals surface area contributed by atoms with E-state index in [1.54, 1.807) is 13.3 Å².